The van der Waals surface area contributed by atoms with Crippen molar-refractivity contribution in [2.45, 2.75) is 36.1 Å². The van der Waals surface area contributed by atoms with Crippen molar-refractivity contribution in [2.75, 3.05) is 18.4 Å². The van der Waals surface area contributed by atoms with Crippen molar-refractivity contribution in [3.8, 4) is 6.07 Å². The van der Waals surface area contributed by atoms with Gasteiger partial charge in [-0.05, 0) is 31.9 Å². The molecule has 0 aromatic carbocycles. The summed E-state index contributed by atoms with van der Waals surface area (Å²) in [6.45, 7) is 1.02. The number of aryl methyl sites for hydroxylation is 1. The predicted octanol–water partition coefficient (Wildman–Crippen LogP) is 3.03. The molecule has 1 atom stereocenters. The second-order valence-corrected chi connectivity index (χ2v) is 9.82. The molecule has 1 aliphatic heterocycles. The van der Waals surface area contributed by atoms with Crippen LogP contribution >= 0.6 is 0 Å². The molecule has 0 aliphatic carbocycles. The van der Waals surface area contributed by atoms with Gasteiger partial charge in [0.25, 0.3) is 6.43 Å². The van der Waals surface area contributed by atoms with Crippen LogP contribution < -0.4 is 5.32 Å². The van der Waals surface area contributed by atoms with Gasteiger partial charge in [-0.2, -0.15) is 10.4 Å². The van der Waals surface area contributed by atoms with E-state index in [2.05, 4.69) is 15.4 Å². The summed E-state index contributed by atoms with van der Waals surface area (Å²) in [6.07, 6.45) is -0.921. The summed E-state index contributed by atoms with van der Waals surface area (Å²) in [5.41, 5.74) is -0.426. The highest BCUT2D eigenvalue weighted by atomic mass is 32.2. The zero-order valence-corrected chi connectivity index (χ0v) is 18.1. The lowest BCUT2D eigenvalue weighted by atomic mass is 9.92. The van der Waals surface area contributed by atoms with Gasteiger partial charge >= 0.3 is 6.03 Å². The Morgan fingerprint density at radius 3 is 2.53 bits per heavy atom. The summed E-state index contributed by atoms with van der Waals surface area (Å²) < 4.78 is 68.8. The number of rotatable bonds is 5. The fourth-order valence-corrected chi connectivity index (χ4v) is 5.41. The average Bonchev–Trinajstić information content (AvgIpc) is 3.17. The predicted molar refractivity (Wildman–Crippen MR) is 107 cm³/mol. The van der Waals surface area contributed by atoms with Gasteiger partial charge in [0.15, 0.2) is 0 Å². The first-order valence-corrected chi connectivity index (χ1v) is 11.1. The van der Waals surface area contributed by atoms with E-state index in [1.54, 1.807) is 0 Å². The minimum atomic E-state index is -4.77. The van der Waals surface area contributed by atoms with Gasteiger partial charge in [-0.3, -0.25) is 4.68 Å². The number of pyridine rings is 1. The Bertz CT molecular complexity index is 1130. The average molecular weight is 470 g/mol. The first kappa shape index (κ1) is 23.5. The van der Waals surface area contributed by atoms with Gasteiger partial charge in [-0.15, -0.1) is 0 Å². The summed E-state index contributed by atoms with van der Waals surface area (Å²) in [7, 11) is -3.49. The number of sulfone groups is 1. The monoisotopic (exact) mass is 470 g/mol. The molecule has 0 saturated carbocycles. The van der Waals surface area contributed by atoms with Crippen LogP contribution in [0.3, 0.4) is 0 Å². The van der Waals surface area contributed by atoms with Crippen LogP contribution in [-0.2, 0) is 16.9 Å². The minimum Gasteiger partial charge on any atom is -0.325 e. The van der Waals surface area contributed by atoms with E-state index in [4.69, 9.17) is 5.26 Å². The molecule has 9 nitrogen and oxygen atoms in total. The molecule has 172 valence electrons. The Kier molecular flexibility index (Phi) is 6.45. The van der Waals surface area contributed by atoms with Crippen LogP contribution in [-0.4, -0.2) is 52.2 Å². The van der Waals surface area contributed by atoms with Gasteiger partial charge in [0.1, 0.15) is 22.4 Å². The minimum absolute atomic E-state index is 0.0234. The molecule has 2 aromatic heterocycles. The molecular weight excluding hydrogens is 449 g/mol. The lowest BCUT2D eigenvalue weighted by Crippen LogP contribution is -2.48. The number of aromatic nitrogens is 3. The van der Waals surface area contributed by atoms with Crippen LogP contribution in [0.15, 0.2) is 29.4 Å². The summed E-state index contributed by atoms with van der Waals surface area (Å²) >= 11 is 0. The SMILES string of the molecule is Cn1cc(S(=O)(=O)[C@@](C)(F)C2CCN(C(=O)Nc3ccc(C#N)nc3)CC2)c(C(F)F)n1. The van der Waals surface area contributed by atoms with Crippen LogP contribution in [0.1, 0.15) is 37.6 Å². The maximum Gasteiger partial charge on any atom is 0.321 e. The van der Waals surface area contributed by atoms with Crippen molar-refractivity contribution in [3.05, 3.63) is 35.9 Å². The van der Waals surface area contributed by atoms with Crippen LogP contribution in [0.5, 0.6) is 0 Å². The number of nitrogens with zero attached hydrogens (tertiary/aromatic N) is 5. The van der Waals surface area contributed by atoms with Gasteiger partial charge in [-0.25, -0.2) is 31.4 Å². The Balaban J connectivity index is 1.69. The van der Waals surface area contributed by atoms with Crippen LogP contribution in [0, 0.1) is 17.2 Å². The smallest absolute Gasteiger partial charge is 0.321 e. The Hall–Kier alpha value is -3.14. The number of anilines is 1. The molecule has 13 heteroatoms. The highest BCUT2D eigenvalue weighted by molar-refractivity contribution is 7.92. The Morgan fingerprint density at radius 1 is 1.34 bits per heavy atom. The zero-order chi connectivity index (χ0) is 23.7. The number of hydrogen-bond acceptors (Lipinski definition) is 6. The first-order chi connectivity index (χ1) is 15.0. The van der Waals surface area contributed by atoms with E-state index in [-0.39, 0.29) is 31.6 Å². The van der Waals surface area contributed by atoms with E-state index in [9.17, 15) is 22.0 Å². The fraction of sp³-hybridized carbons (Fsp3) is 0.474. The molecule has 2 amide bonds. The van der Waals surface area contributed by atoms with Crippen LogP contribution in [0.2, 0.25) is 0 Å². The third-order valence-corrected chi connectivity index (χ3v) is 7.76. The maximum atomic E-state index is 15.6. The molecular formula is C19H21F3N6O3S. The molecule has 0 spiro atoms. The summed E-state index contributed by atoms with van der Waals surface area (Å²) in [6, 6.07) is 4.33. The normalized spacial score (nSPS) is 17.1. The van der Waals surface area contributed by atoms with Gasteiger partial charge in [0.2, 0.25) is 14.8 Å². The Labute approximate surface area is 182 Å². The molecule has 0 bridgehead atoms. The second-order valence-electron chi connectivity index (χ2n) is 7.58. The van der Waals surface area contributed by atoms with E-state index in [1.165, 1.54) is 30.3 Å². The third-order valence-electron chi connectivity index (χ3n) is 5.48. The molecule has 2 aromatic rings. The molecule has 0 radical (unpaired) electrons. The number of piperidine rings is 1. The van der Waals surface area contributed by atoms with E-state index < -0.39 is 43.8 Å². The molecule has 0 unspecified atom stereocenters. The second kappa shape index (κ2) is 8.78. The number of alkyl halides is 3. The number of hydrogen-bond donors (Lipinski definition) is 1. The number of carbonyl (C=O) groups excluding carboxylic acids is 1. The number of nitriles is 1. The van der Waals surface area contributed by atoms with E-state index in [0.717, 1.165) is 17.8 Å². The summed E-state index contributed by atoms with van der Waals surface area (Å²) in [4.78, 5) is 16.9. The van der Waals surface area contributed by atoms with Gasteiger partial charge in [-0.1, -0.05) is 0 Å². The fourth-order valence-electron chi connectivity index (χ4n) is 3.61. The molecule has 3 heterocycles. The van der Waals surface area contributed by atoms with E-state index >= 15 is 4.39 Å². The van der Waals surface area contributed by atoms with Crippen LogP contribution in [0.4, 0.5) is 23.7 Å². The molecule has 1 fully saturated rings. The van der Waals surface area contributed by atoms with Crippen molar-refractivity contribution in [3.63, 3.8) is 0 Å². The number of halogens is 3. The standard InChI is InChI=1S/C19H21F3N6O3S/c1-19(22,32(30,31)15-11-27(2)26-16(15)17(20)21)12-5-7-28(8-6-12)18(29)25-14-4-3-13(9-23)24-10-14/h3-4,10-12,17H,5-8H2,1-2H3,(H,25,29)/t19-/m1/s1. The van der Waals surface area contributed by atoms with Gasteiger partial charge in [0, 0.05) is 32.3 Å². The number of amides is 2. The topological polar surface area (TPSA) is 121 Å². The Morgan fingerprint density at radius 2 is 2.00 bits per heavy atom. The third kappa shape index (κ3) is 4.40. The maximum absolute atomic E-state index is 15.6. The number of urea groups is 1. The molecule has 1 aliphatic rings. The quantitative estimate of drug-likeness (QED) is 0.717. The van der Waals surface area contributed by atoms with Crippen LogP contribution in [0.25, 0.3) is 0 Å². The molecule has 1 saturated heterocycles. The van der Waals surface area contributed by atoms with Crippen molar-refractivity contribution in [1.82, 2.24) is 19.7 Å². The summed E-state index contributed by atoms with van der Waals surface area (Å²) in [5.74, 6) is -1.00. The first-order valence-electron chi connectivity index (χ1n) is 9.64. The van der Waals surface area contributed by atoms with Gasteiger partial charge < -0.3 is 10.2 Å². The van der Waals surface area contributed by atoms with Crippen molar-refractivity contribution in [1.29, 1.82) is 5.26 Å². The van der Waals surface area contributed by atoms with Crippen molar-refractivity contribution < 1.29 is 26.4 Å². The highest BCUT2D eigenvalue weighted by Crippen LogP contribution is 2.41. The molecule has 1 N–H and O–H groups in total. The number of nitrogens with one attached hydrogen (secondary N) is 1. The zero-order valence-electron chi connectivity index (χ0n) is 17.3. The summed E-state index contributed by atoms with van der Waals surface area (Å²) in [5, 5.41) is 12.0. The molecule has 32 heavy (non-hydrogen) atoms. The molecule has 3 rings (SSSR count). The lowest BCUT2D eigenvalue weighted by Gasteiger charge is -2.37. The van der Waals surface area contributed by atoms with Gasteiger partial charge in [0.05, 0.1) is 11.9 Å². The lowest BCUT2D eigenvalue weighted by molar-refractivity contribution is 0.116. The van der Waals surface area contributed by atoms with E-state index in [1.807, 2.05) is 6.07 Å². The van der Waals surface area contributed by atoms with Crippen molar-refractivity contribution in [2.24, 2.45) is 13.0 Å². The number of carbonyl (C=O) groups is 1. The largest absolute Gasteiger partial charge is 0.325 e. The van der Waals surface area contributed by atoms with E-state index in [0.29, 0.717) is 5.69 Å². The number of likely N-dealkylation sites (tertiary alicyclic amines) is 1. The van der Waals surface area contributed by atoms with Crippen molar-refractivity contribution >= 4 is 21.6 Å². The highest BCUT2D eigenvalue weighted by Gasteiger charge is 2.50.